The molecule has 0 aliphatic heterocycles. The third kappa shape index (κ3) is 7.65. The molecule has 0 saturated carbocycles. The lowest BCUT2D eigenvalue weighted by Crippen LogP contribution is -2.39. The number of anilines is 1. The number of nitrogens with one attached hydrogen (secondary N) is 1. The van der Waals surface area contributed by atoms with Crippen molar-refractivity contribution < 1.29 is 27.4 Å². The Labute approximate surface area is 247 Å². The first-order chi connectivity index (χ1) is 19.8. The van der Waals surface area contributed by atoms with Gasteiger partial charge in [0.05, 0.1) is 35.5 Å². The quantitative estimate of drug-likeness (QED) is 0.165. The number of hydrazone groups is 1. The lowest BCUT2D eigenvalue weighted by Gasteiger charge is -2.23. The number of rotatable bonds is 12. The summed E-state index contributed by atoms with van der Waals surface area (Å²) in [5.41, 5.74) is 4.33. The van der Waals surface area contributed by atoms with Crippen molar-refractivity contribution in [3.63, 3.8) is 0 Å². The van der Waals surface area contributed by atoms with Gasteiger partial charge in [0.2, 0.25) is 0 Å². The van der Waals surface area contributed by atoms with Gasteiger partial charge < -0.3 is 14.2 Å². The van der Waals surface area contributed by atoms with Gasteiger partial charge in [0.15, 0.2) is 11.5 Å². The number of hydrogen-bond acceptors (Lipinski definition) is 7. The molecule has 0 radical (unpaired) electrons. The fourth-order valence-corrected chi connectivity index (χ4v) is 5.83. The Hall–Kier alpha value is -4.35. The largest absolute Gasteiger partial charge is 0.497 e. The van der Waals surface area contributed by atoms with E-state index in [-0.39, 0.29) is 4.90 Å². The van der Waals surface area contributed by atoms with Crippen LogP contribution in [0.5, 0.6) is 17.2 Å². The number of benzene rings is 4. The zero-order valence-corrected chi connectivity index (χ0v) is 24.8. The predicted octanol–water partition coefficient (Wildman–Crippen LogP) is 5.39. The second-order valence-corrected chi connectivity index (χ2v) is 11.3. The SMILES string of the molecule is COc1ccc(N(CC(=O)N/N=C\c2cc(Br)c(OCc3ccccc3)c(OC)c2)S(=O)(=O)c2ccccc2)cc1. The molecule has 4 aromatic rings. The molecule has 0 saturated heterocycles. The van der Waals surface area contributed by atoms with Crippen LogP contribution >= 0.6 is 15.9 Å². The number of halogens is 1. The Balaban J connectivity index is 1.48. The molecule has 1 N–H and O–H groups in total. The van der Waals surface area contributed by atoms with E-state index in [1.54, 1.807) is 54.6 Å². The number of carbonyl (C=O) groups excluding carboxylic acids is 1. The number of carbonyl (C=O) groups is 1. The monoisotopic (exact) mass is 637 g/mol. The Morgan fingerprint density at radius 1 is 0.927 bits per heavy atom. The highest BCUT2D eigenvalue weighted by Gasteiger charge is 2.27. The summed E-state index contributed by atoms with van der Waals surface area (Å²) < 4.78 is 45.2. The zero-order valence-electron chi connectivity index (χ0n) is 22.4. The summed E-state index contributed by atoms with van der Waals surface area (Å²) in [5, 5.41) is 4.03. The van der Waals surface area contributed by atoms with Crippen molar-refractivity contribution in [2.75, 3.05) is 25.1 Å². The minimum absolute atomic E-state index is 0.0543. The van der Waals surface area contributed by atoms with Gasteiger partial charge in [-0.25, -0.2) is 13.8 Å². The minimum Gasteiger partial charge on any atom is -0.497 e. The number of ether oxygens (including phenoxy) is 3. The first-order valence-electron chi connectivity index (χ1n) is 12.4. The average molecular weight is 639 g/mol. The molecule has 4 aromatic carbocycles. The van der Waals surface area contributed by atoms with Gasteiger partial charge in [-0.15, -0.1) is 0 Å². The number of nitrogens with zero attached hydrogens (tertiary/aromatic N) is 2. The summed E-state index contributed by atoms with van der Waals surface area (Å²) in [6.07, 6.45) is 1.43. The number of amides is 1. The molecule has 1 amide bonds. The van der Waals surface area contributed by atoms with Gasteiger partial charge in [-0.05, 0) is 75.6 Å². The molecule has 0 atom stereocenters. The Bertz CT molecular complexity index is 1600. The lowest BCUT2D eigenvalue weighted by molar-refractivity contribution is -0.119. The van der Waals surface area contributed by atoms with Crippen LogP contribution in [0.1, 0.15) is 11.1 Å². The van der Waals surface area contributed by atoms with Crippen LogP contribution in [0.15, 0.2) is 112 Å². The van der Waals surface area contributed by atoms with Gasteiger partial charge in [-0.2, -0.15) is 5.10 Å². The molecular formula is C30H28BrN3O6S. The average Bonchev–Trinajstić information content (AvgIpc) is 3.00. The van der Waals surface area contributed by atoms with Gasteiger partial charge in [-0.1, -0.05) is 48.5 Å². The zero-order chi connectivity index (χ0) is 29.2. The van der Waals surface area contributed by atoms with Gasteiger partial charge in [0, 0.05) is 0 Å². The van der Waals surface area contributed by atoms with E-state index in [0.717, 1.165) is 9.87 Å². The van der Waals surface area contributed by atoms with Crippen molar-refractivity contribution in [2.45, 2.75) is 11.5 Å². The summed E-state index contributed by atoms with van der Waals surface area (Å²) in [7, 11) is -1.01. The second kappa shape index (κ2) is 13.8. The second-order valence-electron chi connectivity index (χ2n) is 8.62. The maximum Gasteiger partial charge on any atom is 0.264 e. The van der Waals surface area contributed by atoms with E-state index in [0.29, 0.717) is 39.6 Å². The van der Waals surface area contributed by atoms with Crippen LogP contribution in [0.2, 0.25) is 0 Å². The number of sulfonamides is 1. The smallest absolute Gasteiger partial charge is 0.264 e. The van der Waals surface area contributed by atoms with Crippen molar-refractivity contribution in [1.29, 1.82) is 0 Å². The highest BCUT2D eigenvalue weighted by atomic mass is 79.9. The molecular weight excluding hydrogens is 610 g/mol. The van der Waals surface area contributed by atoms with E-state index in [4.69, 9.17) is 14.2 Å². The Morgan fingerprint density at radius 3 is 2.22 bits per heavy atom. The topological polar surface area (TPSA) is 107 Å². The van der Waals surface area contributed by atoms with Gasteiger partial charge in [0.1, 0.15) is 18.9 Å². The van der Waals surface area contributed by atoms with Gasteiger partial charge in [-0.3, -0.25) is 9.10 Å². The first kappa shape index (κ1) is 29.6. The third-order valence-corrected chi connectivity index (χ3v) is 8.24. The van der Waals surface area contributed by atoms with Crippen molar-refractivity contribution in [1.82, 2.24) is 5.43 Å². The van der Waals surface area contributed by atoms with Crippen LogP contribution in [0, 0.1) is 0 Å². The number of hydrogen-bond donors (Lipinski definition) is 1. The van der Waals surface area contributed by atoms with Crippen LogP contribution < -0.4 is 23.9 Å². The minimum atomic E-state index is -4.05. The summed E-state index contributed by atoms with van der Waals surface area (Å²) in [5.74, 6) is 0.921. The predicted molar refractivity (Wildman–Crippen MR) is 161 cm³/mol. The summed E-state index contributed by atoms with van der Waals surface area (Å²) in [6, 6.07) is 27.5. The maximum absolute atomic E-state index is 13.4. The molecule has 0 aliphatic carbocycles. The molecule has 9 nitrogen and oxygen atoms in total. The van der Waals surface area contributed by atoms with E-state index < -0.39 is 22.5 Å². The molecule has 212 valence electrons. The van der Waals surface area contributed by atoms with Crippen molar-refractivity contribution in [3.8, 4) is 17.2 Å². The highest BCUT2D eigenvalue weighted by Crippen LogP contribution is 2.37. The standard InChI is InChI=1S/C30H28BrN3O6S/c1-38-25-15-13-24(14-16-25)34(41(36,37)26-11-7-4-8-12-26)20-29(35)33-32-19-23-17-27(31)30(28(18-23)39-2)40-21-22-9-5-3-6-10-22/h3-19H,20-21H2,1-2H3,(H,33,35)/b32-19-. The van der Waals surface area contributed by atoms with Crippen molar-refractivity contribution >= 4 is 43.8 Å². The van der Waals surface area contributed by atoms with E-state index in [1.165, 1.54) is 32.6 Å². The van der Waals surface area contributed by atoms with Crippen LogP contribution in [0.25, 0.3) is 0 Å². The summed E-state index contributed by atoms with van der Waals surface area (Å²) >= 11 is 3.51. The number of methoxy groups -OCH3 is 2. The van der Waals surface area contributed by atoms with Crippen molar-refractivity contribution in [2.24, 2.45) is 5.10 Å². The fraction of sp³-hybridized carbons (Fsp3) is 0.133. The van der Waals surface area contributed by atoms with E-state index in [2.05, 4.69) is 26.5 Å². The molecule has 11 heteroatoms. The van der Waals surface area contributed by atoms with Gasteiger partial charge >= 0.3 is 0 Å². The van der Waals surface area contributed by atoms with Gasteiger partial charge in [0.25, 0.3) is 15.9 Å². The first-order valence-corrected chi connectivity index (χ1v) is 14.6. The normalized spacial score (nSPS) is 11.2. The van der Waals surface area contributed by atoms with Crippen molar-refractivity contribution in [3.05, 3.63) is 113 Å². The van der Waals surface area contributed by atoms with Crippen LogP contribution in [-0.2, 0) is 21.4 Å². The molecule has 0 spiro atoms. The molecule has 41 heavy (non-hydrogen) atoms. The highest BCUT2D eigenvalue weighted by molar-refractivity contribution is 9.10. The molecule has 0 bridgehead atoms. The Kier molecular flexibility index (Phi) is 9.99. The van der Waals surface area contributed by atoms with Crippen LogP contribution in [-0.4, -0.2) is 41.3 Å². The van der Waals surface area contributed by atoms with Crippen LogP contribution in [0.3, 0.4) is 0 Å². The maximum atomic E-state index is 13.4. The molecule has 0 heterocycles. The molecule has 4 rings (SSSR count). The fourth-order valence-electron chi connectivity index (χ4n) is 3.81. The van der Waals surface area contributed by atoms with Crippen LogP contribution in [0.4, 0.5) is 5.69 Å². The molecule has 0 aromatic heterocycles. The van der Waals surface area contributed by atoms with E-state index in [1.807, 2.05) is 30.3 Å². The molecule has 0 aliphatic rings. The molecule has 0 unspecified atom stereocenters. The van der Waals surface area contributed by atoms with E-state index >= 15 is 0 Å². The lowest BCUT2D eigenvalue weighted by atomic mass is 10.2. The molecule has 0 fully saturated rings. The van der Waals surface area contributed by atoms with E-state index in [9.17, 15) is 13.2 Å². The summed E-state index contributed by atoms with van der Waals surface area (Å²) in [6.45, 7) is -0.143. The third-order valence-electron chi connectivity index (χ3n) is 5.86. The Morgan fingerprint density at radius 2 is 1.59 bits per heavy atom. The summed E-state index contributed by atoms with van der Waals surface area (Å²) in [4.78, 5) is 12.9.